The van der Waals surface area contributed by atoms with Gasteiger partial charge in [-0.3, -0.25) is 4.68 Å². The summed E-state index contributed by atoms with van der Waals surface area (Å²) in [7, 11) is 0. The molecule has 0 saturated carbocycles. The molecule has 84 valence electrons. The van der Waals surface area contributed by atoms with Gasteiger partial charge < -0.3 is 5.32 Å². The first-order chi connectivity index (χ1) is 7.35. The normalized spacial score (nSPS) is 18.3. The highest BCUT2D eigenvalue weighted by Gasteiger charge is 2.19. The monoisotopic (exact) mass is 207 g/mol. The molecule has 2 heterocycles. The zero-order valence-corrected chi connectivity index (χ0v) is 9.79. The van der Waals surface area contributed by atoms with Gasteiger partial charge in [-0.25, -0.2) is 0 Å². The maximum atomic E-state index is 4.62. The average molecular weight is 207 g/mol. The molecule has 1 aliphatic heterocycles. The van der Waals surface area contributed by atoms with Gasteiger partial charge in [0.15, 0.2) is 0 Å². The van der Waals surface area contributed by atoms with E-state index in [2.05, 4.69) is 35.0 Å². The van der Waals surface area contributed by atoms with Gasteiger partial charge in [0.1, 0.15) is 0 Å². The third-order valence-corrected chi connectivity index (χ3v) is 3.28. The van der Waals surface area contributed by atoms with E-state index in [4.69, 9.17) is 0 Å². The van der Waals surface area contributed by atoms with Crippen molar-refractivity contribution in [1.29, 1.82) is 0 Å². The molecule has 0 aliphatic carbocycles. The van der Waals surface area contributed by atoms with Crippen LogP contribution < -0.4 is 5.32 Å². The Kier molecular flexibility index (Phi) is 3.41. The number of hydrogen-bond donors (Lipinski definition) is 1. The Labute approximate surface area is 91.9 Å². The van der Waals surface area contributed by atoms with Crippen molar-refractivity contribution in [3.8, 4) is 0 Å². The average Bonchev–Trinajstić information content (AvgIpc) is 2.73. The zero-order chi connectivity index (χ0) is 10.7. The van der Waals surface area contributed by atoms with Crippen LogP contribution >= 0.6 is 0 Å². The van der Waals surface area contributed by atoms with Gasteiger partial charge in [-0.2, -0.15) is 5.10 Å². The molecular weight excluding hydrogens is 186 g/mol. The van der Waals surface area contributed by atoms with Crippen LogP contribution in [-0.2, 0) is 13.0 Å². The number of piperidine rings is 1. The van der Waals surface area contributed by atoms with Crippen LogP contribution in [0.1, 0.15) is 44.0 Å². The molecule has 0 radical (unpaired) electrons. The van der Waals surface area contributed by atoms with Crippen LogP contribution in [0.15, 0.2) is 6.07 Å². The molecule has 1 aromatic heterocycles. The van der Waals surface area contributed by atoms with Gasteiger partial charge in [0.05, 0.1) is 5.69 Å². The van der Waals surface area contributed by atoms with Crippen molar-refractivity contribution in [3.05, 3.63) is 17.5 Å². The zero-order valence-electron chi connectivity index (χ0n) is 9.79. The Hall–Kier alpha value is -0.830. The van der Waals surface area contributed by atoms with Crippen molar-refractivity contribution in [3.63, 3.8) is 0 Å². The Morgan fingerprint density at radius 3 is 2.73 bits per heavy atom. The second kappa shape index (κ2) is 4.79. The lowest BCUT2D eigenvalue weighted by atomic mass is 9.94. The molecule has 0 aromatic carbocycles. The van der Waals surface area contributed by atoms with Crippen LogP contribution in [0.4, 0.5) is 0 Å². The molecule has 0 spiro atoms. The number of aromatic nitrogens is 2. The van der Waals surface area contributed by atoms with E-state index >= 15 is 0 Å². The van der Waals surface area contributed by atoms with Gasteiger partial charge in [-0.1, -0.05) is 6.92 Å². The summed E-state index contributed by atoms with van der Waals surface area (Å²) in [4.78, 5) is 0. The molecular formula is C12H21N3. The molecule has 15 heavy (non-hydrogen) atoms. The Morgan fingerprint density at radius 1 is 1.40 bits per heavy atom. The molecule has 1 fully saturated rings. The first-order valence-corrected chi connectivity index (χ1v) is 6.12. The largest absolute Gasteiger partial charge is 0.317 e. The second-order valence-electron chi connectivity index (χ2n) is 4.25. The lowest BCUT2D eigenvalue weighted by Gasteiger charge is -2.23. The highest BCUT2D eigenvalue weighted by atomic mass is 15.3. The Morgan fingerprint density at radius 2 is 2.13 bits per heavy atom. The van der Waals surface area contributed by atoms with Crippen LogP contribution in [0, 0.1) is 0 Å². The fourth-order valence-electron chi connectivity index (χ4n) is 2.36. The topological polar surface area (TPSA) is 29.9 Å². The minimum absolute atomic E-state index is 0.721. The molecule has 1 aliphatic rings. The van der Waals surface area contributed by atoms with Crippen molar-refractivity contribution in [2.45, 2.75) is 45.6 Å². The first kappa shape index (κ1) is 10.7. The van der Waals surface area contributed by atoms with Crippen molar-refractivity contribution in [1.82, 2.24) is 15.1 Å². The van der Waals surface area contributed by atoms with Gasteiger partial charge in [-0.05, 0) is 45.3 Å². The molecule has 1 N–H and O–H groups in total. The van der Waals surface area contributed by atoms with E-state index in [0.717, 1.165) is 32.0 Å². The summed E-state index contributed by atoms with van der Waals surface area (Å²) in [5.74, 6) is 0.721. The van der Waals surface area contributed by atoms with Crippen molar-refractivity contribution >= 4 is 0 Å². The summed E-state index contributed by atoms with van der Waals surface area (Å²) < 4.78 is 2.19. The van der Waals surface area contributed by atoms with Crippen LogP contribution in [-0.4, -0.2) is 22.9 Å². The molecule has 0 unspecified atom stereocenters. The van der Waals surface area contributed by atoms with Crippen LogP contribution in [0.2, 0.25) is 0 Å². The second-order valence-corrected chi connectivity index (χ2v) is 4.25. The third kappa shape index (κ3) is 2.23. The Balaban J connectivity index is 2.20. The number of rotatable bonds is 3. The maximum absolute atomic E-state index is 4.62. The number of aryl methyl sites for hydroxylation is 2. The lowest BCUT2D eigenvalue weighted by molar-refractivity contribution is 0.432. The lowest BCUT2D eigenvalue weighted by Crippen LogP contribution is -2.27. The van der Waals surface area contributed by atoms with E-state index in [0.29, 0.717) is 0 Å². The Bertz CT molecular complexity index is 311. The molecule has 1 aromatic rings. The van der Waals surface area contributed by atoms with Crippen molar-refractivity contribution in [2.24, 2.45) is 0 Å². The molecule has 0 atom stereocenters. The van der Waals surface area contributed by atoms with Crippen LogP contribution in [0.5, 0.6) is 0 Å². The predicted octanol–water partition coefficient (Wildman–Crippen LogP) is 1.93. The molecule has 3 heteroatoms. The van der Waals surface area contributed by atoms with E-state index in [9.17, 15) is 0 Å². The smallest absolute Gasteiger partial charge is 0.0624 e. The molecule has 1 saturated heterocycles. The molecule has 3 nitrogen and oxygen atoms in total. The van der Waals surface area contributed by atoms with Gasteiger partial charge >= 0.3 is 0 Å². The fraction of sp³-hybridized carbons (Fsp3) is 0.750. The predicted molar refractivity (Wildman–Crippen MR) is 62.1 cm³/mol. The number of nitrogens with one attached hydrogen (secondary N) is 1. The van der Waals surface area contributed by atoms with E-state index in [1.165, 1.54) is 24.2 Å². The SMILES string of the molecule is CCc1cc(C2CCNCC2)n(CC)n1. The number of hydrogen-bond acceptors (Lipinski definition) is 2. The van der Waals surface area contributed by atoms with E-state index in [1.54, 1.807) is 0 Å². The molecule has 0 amide bonds. The van der Waals surface area contributed by atoms with Gasteiger partial charge in [-0.15, -0.1) is 0 Å². The van der Waals surface area contributed by atoms with Crippen LogP contribution in [0.3, 0.4) is 0 Å². The number of nitrogens with zero attached hydrogens (tertiary/aromatic N) is 2. The fourth-order valence-corrected chi connectivity index (χ4v) is 2.36. The quantitative estimate of drug-likeness (QED) is 0.821. The summed E-state index contributed by atoms with van der Waals surface area (Å²) in [6.45, 7) is 7.66. The van der Waals surface area contributed by atoms with Gasteiger partial charge in [0, 0.05) is 18.2 Å². The maximum Gasteiger partial charge on any atom is 0.0624 e. The summed E-state index contributed by atoms with van der Waals surface area (Å²) in [6.07, 6.45) is 3.56. The van der Waals surface area contributed by atoms with Gasteiger partial charge in [0.25, 0.3) is 0 Å². The van der Waals surface area contributed by atoms with Crippen molar-refractivity contribution < 1.29 is 0 Å². The molecule has 2 rings (SSSR count). The highest BCUT2D eigenvalue weighted by molar-refractivity contribution is 5.16. The van der Waals surface area contributed by atoms with E-state index in [-0.39, 0.29) is 0 Å². The minimum atomic E-state index is 0.721. The van der Waals surface area contributed by atoms with Crippen LogP contribution in [0.25, 0.3) is 0 Å². The van der Waals surface area contributed by atoms with E-state index in [1.807, 2.05) is 0 Å². The highest BCUT2D eigenvalue weighted by Crippen LogP contribution is 2.25. The van der Waals surface area contributed by atoms with E-state index < -0.39 is 0 Å². The summed E-state index contributed by atoms with van der Waals surface area (Å²) in [5.41, 5.74) is 2.70. The summed E-state index contributed by atoms with van der Waals surface area (Å²) >= 11 is 0. The van der Waals surface area contributed by atoms with Gasteiger partial charge in [0.2, 0.25) is 0 Å². The third-order valence-electron chi connectivity index (χ3n) is 3.28. The summed E-state index contributed by atoms with van der Waals surface area (Å²) in [5, 5.41) is 8.03. The summed E-state index contributed by atoms with van der Waals surface area (Å²) in [6, 6.07) is 2.31. The minimum Gasteiger partial charge on any atom is -0.317 e. The standard InChI is InChI=1S/C12H21N3/c1-3-11-9-12(15(4-2)14-11)10-5-7-13-8-6-10/h9-10,13H,3-8H2,1-2H3. The first-order valence-electron chi connectivity index (χ1n) is 6.12. The van der Waals surface area contributed by atoms with Crippen molar-refractivity contribution in [2.75, 3.05) is 13.1 Å². The molecule has 0 bridgehead atoms.